The van der Waals surface area contributed by atoms with Crippen molar-refractivity contribution < 1.29 is 27.5 Å². The van der Waals surface area contributed by atoms with E-state index in [2.05, 4.69) is 6.92 Å². The normalized spacial score (nSPS) is 21.5. The minimum Gasteiger partial charge on any atom is -0.469 e. The number of aldehydes is 1. The van der Waals surface area contributed by atoms with Crippen LogP contribution in [0.3, 0.4) is 0 Å². The molecule has 1 aromatic carbocycles. The van der Waals surface area contributed by atoms with Crippen molar-refractivity contribution in [2.24, 2.45) is 17.8 Å². The van der Waals surface area contributed by atoms with Crippen molar-refractivity contribution in [2.75, 3.05) is 7.11 Å². The number of rotatable bonds is 7. The van der Waals surface area contributed by atoms with Crippen LogP contribution >= 0.6 is 0 Å². The molecule has 0 N–H and O–H groups in total. The summed E-state index contributed by atoms with van der Waals surface area (Å²) in [6.45, 7) is 2.12. The maximum Gasteiger partial charge on any atom is 0.416 e. The number of alkyl halides is 3. The first-order valence-corrected chi connectivity index (χ1v) is 9.53. The van der Waals surface area contributed by atoms with Gasteiger partial charge in [-0.3, -0.25) is 9.59 Å². The van der Waals surface area contributed by atoms with Crippen LogP contribution in [-0.4, -0.2) is 19.4 Å². The molecular formula is C21H27F3O3. The molecule has 1 unspecified atom stereocenters. The molecule has 0 amide bonds. The van der Waals surface area contributed by atoms with E-state index in [1.54, 1.807) is 0 Å². The largest absolute Gasteiger partial charge is 0.469 e. The smallest absolute Gasteiger partial charge is 0.416 e. The van der Waals surface area contributed by atoms with Gasteiger partial charge in [-0.05, 0) is 68.1 Å². The minimum atomic E-state index is -4.44. The zero-order valence-electron chi connectivity index (χ0n) is 15.8. The number of hydrogen-bond donors (Lipinski definition) is 0. The molecule has 0 spiro atoms. The van der Waals surface area contributed by atoms with Gasteiger partial charge >= 0.3 is 12.1 Å². The van der Waals surface area contributed by atoms with E-state index in [1.807, 2.05) is 0 Å². The van der Waals surface area contributed by atoms with E-state index in [0.29, 0.717) is 30.1 Å². The van der Waals surface area contributed by atoms with Crippen molar-refractivity contribution in [3.63, 3.8) is 0 Å². The van der Waals surface area contributed by atoms with Gasteiger partial charge in [0.15, 0.2) is 0 Å². The highest BCUT2D eigenvalue weighted by Gasteiger charge is 2.32. The van der Waals surface area contributed by atoms with E-state index in [-0.39, 0.29) is 17.5 Å². The van der Waals surface area contributed by atoms with Gasteiger partial charge in [-0.1, -0.05) is 19.4 Å². The molecule has 1 aromatic rings. The summed E-state index contributed by atoms with van der Waals surface area (Å²) >= 11 is 0. The Morgan fingerprint density at radius 1 is 1.26 bits per heavy atom. The number of ether oxygens (including phenoxy) is 1. The lowest BCUT2D eigenvalue weighted by Crippen LogP contribution is -2.26. The van der Waals surface area contributed by atoms with Crippen molar-refractivity contribution in [1.29, 1.82) is 0 Å². The van der Waals surface area contributed by atoms with E-state index in [4.69, 9.17) is 4.74 Å². The molecule has 0 aromatic heterocycles. The van der Waals surface area contributed by atoms with Gasteiger partial charge in [-0.15, -0.1) is 0 Å². The summed E-state index contributed by atoms with van der Waals surface area (Å²) in [5.74, 6) is 0.789. The lowest BCUT2D eigenvalue weighted by molar-refractivity contribution is -0.147. The maximum absolute atomic E-state index is 12.8. The molecule has 27 heavy (non-hydrogen) atoms. The molecule has 1 saturated carbocycles. The Balaban J connectivity index is 1.98. The number of carbonyl (C=O) groups excluding carboxylic acids is 2. The van der Waals surface area contributed by atoms with E-state index in [1.165, 1.54) is 13.2 Å². The van der Waals surface area contributed by atoms with Gasteiger partial charge in [-0.2, -0.15) is 13.2 Å². The molecule has 0 saturated heterocycles. The first kappa shape index (κ1) is 21.5. The quantitative estimate of drug-likeness (QED) is 0.463. The molecule has 0 radical (unpaired) electrons. The Hall–Kier alpha value is -1.85. The van der Waals surface area contributed by atoms with Crippen LogP contribution in [0.25, 0.3) is 0 Å². The summed E-state index contributed by atoms with van der Waals surface area (Å²) in [5, 5.41) is 0. The van der Waals surface area contributed by atoms with Gasteiger partial charge in [-0.25, -0.2) is 0 Å². The van der Waals surface area contributed by atoms with E-state index in [9.17, 15) is 22.8 Å². The van der Waals surface area contributed by atoms with Gasteiger partial charge in [0.05, 0.1) is 18.6 Å². The van der Waals surface area contributed by atoms with Gasteiger partial charge < -0.3 is 4.74 Å². The number of hydrogen-bond acceptors (Lipinski definition) is 3. The molecule has 2 rings (SSSR count). The Morgan fingerprint density at radius 2 is 1.93 bits per heavy atom. The third kappa shape index (κ3) is 5.56. The lowest BCUT2D eigenvalue weighted by atomic mass is 9.73. The molecule has 1 aliphatic rings. The molecule has 1 aliphatic carbocycles. The van der Waals surface area contributed by atoms with E-state index in [0.717, 1.165) is 50.7 Å². The summed E-state index contributed by atoms with van der Waals surface area (Å²) in [5.41, 5.74) is -0.00435. The van der Waals surface area contributed by atoms with Crippen LogP contribution in [0.2, 0.25) is 0 Å². The fraction of sp³-hybridized carbons (Fsp3) is 0.619. The zero-order chi connectivity index (χ0) is 20.0. The predicted molar refractivity (Wildman–Crippen MR) is 96.4 cm³/mol. The molecule has 0 bridgehead atoms. The van der Waals surface area contributed by atoms with Crippen LogP contribution in [0.15, 0.2) is 18.2 Å². The van der Waals surface area contributed by atoms with Crippen LogP contribution < -0.4 is 0 Å². The van der Waals surface area contributed by atoms with Gasteiger partial charge in [0.1, 0.15) is 6.29 Å². The van der Waals surface area contributed by atoms with Crippen molar-refractivity contribution >= 4 is 12.3 Å². The molecule has 0 aliphatic heterocycles. The van der Waals surface area contributed by atoms with Crippen LogP contribution in [0, 0.1) is 17.8 Å². The second-order valence-electron chi connectivity index (χ2n) is 7.37. The predicted octanol–water partition coefficient (Wildman–Crippen LogP) is 5.46. The number of esters is 1. The second kappa shape index (κ2) is 9.38. The maximum atomic E-state index is 12.8. The number of aryl methyl sites for hydroxylation is 1. The first-order valence-electron chi connectivity index (χ1n) is 9.53. The van der Waals surface area contributed by atoms with E-state index >= 15 is 0 Å². The Labute approximate surface area is 158 Å². The van der Waals surface area contributed by atoms with Crippen LogP contribution in [0.1, 0.15) is 66.9 Å². The Kier molecular flexibility index (Phi) is 7.45. The molecule has 1 atom stereocenters. The number of halogens is 3. The number of benzene rings is 1. The SMILES string of the molecule is CCC(CCc1ccc(C(F)(F)F)cc1C=O)C1CCC(C(=O)OC)CC1. The fourth-order valence-electron chi connectivity index (χ4n) is 4.22. The van der Waals surface area contributed by atoms with Gasteiger partial charge in [0.2, 0.25) is 0 Å². The van der Waals surface area contributed by atoms with Gasteiger partial charge in [0, 0.05) is 5.56 Å². The summed E-state index contributed by atoms with van der Waals surface area (Å²) < 4.78 is 43.3. The average molecular weight is 384 g/mol. The van der Waals surface area contributed by atoms with Crippen molar-refractivity contribution in [3.05, 3.63) is 34.9 Å². The monoisotopic (exact) mass is 384 g/mol. The third-order valence-electron chi connectivity index (χ3n) is 5.88. The van der Waals surface area contributed by atoms with Crippen LogP contribution in [-0.2, 0) is 22.1 Å². The highest BCUT2D eigenvalue weighted by molar-refractivity contribution is 5.77. The topological polar surface area (TPSA) is 43.4 Å². The lowest BCUT2D eigenvalue weighted by Gasteiger charge is -2.32. The number of carbonyl (C=O) groups is 2. The fourth-order valence-corrected chi connectivity index (χ4v) is 4.22. The first-order chi connectivity index (χ1) is 12.8. The molecule has 6 heteroatoms. The third-order valence-corrected chi connectivity index (χ3v) is 5.88. The van der Waals surface area contributed by atoms with E-state index < -0.39 is 11.7 Å². The number of methoxy groups -OCH3 is 1. The standard InChI is InChI=1S/C21H27F3O3/c1-3-14(15-6-8-17(9-7-15)20(26)27-2)4-5-16-10-11-19(21(22,23)24)12-18(16)13-25/h10-15,17H,3-9H2,1-2H3. The van der Waals surface area contributed by atoms with Crippen molar-refractivity contribution in [2.45, 2.75) is 58.0 Å². The average Bonchev–Trinajstić information content (AvgIpc) is 2.67. The molecule has 0 heterocycles. The highest BCUT2D eigenvalue weighted by Crippen LogP contribution is 2.37. The van der Waals surface area contributed by atoms with Crippen molar-refractivity contribution in [1.82, 2.24) is 0 Å². The molecular weight excluding hydrogens is 357 g/mol. The minimum absolute atomic E-state index is 0.0136. The summed E-state index contributed by atoms with van der Waals surface area (Å²) in [7, 11) is 1.41. The summed E-state index contributed by atoms with van der Waals surface area (Å²) in [6, 6.07) is 3.41. The van der Waals surface area contributed by atoms with Gasteiger partial charge in [0.25, 0.3) is 0 Å². The molecule has 150 valence electrons. The zero-order valence-corrected chi connectivity index (χ0v) is 15.8. The van der Waals surface area contributed by atoms with Crippen LogP contribution in [0.4, 0.5) is 13.2 Å². The molecule has 1 fully saturated rings. The van der Waals surface area contributed by atoms with Crippen molar-refractivity contribution in [3.8, 4) is 0 Å². The summed E-state index contributed by atoms with van der Waals surface area (Å²) in [6.07, 6.45) is 2.04. The van der Waals surface area contributed by atoms with Crippen LogP contribution in [0.5, 0.6) is 0 Å². The highest BCUT2D eigenvalue weighted by atomic mass is 19.4. The molecule has 3 nitrogen and oxygen atoms in total. The second-order valence-corrected chi connectivity index (χ2v) is 7.37. The Bertz CT molecular complexity index is 647. The Morgan fingerprint density at radius 3 is 2.44 bits per heavy atom. The summed E-state index contributed by atoms with van der Waals surface area (Å²) in [4.78, 5) is 22.9.